The summed E-state index contributed by atoms with van der Waals surface area (Å²) in [5, 5.41) is 9.00. The summed E-state index contributed by atoms with van der Waals surface area (Å²) in [6.07, 6.45) is 1.88. The quantitative estimate of drug-likeness (QED) is 0.514. The molecule has 0 aliphatic rings. The van der Waals surface area contributed by atoms with Crippen molar-refractivity contribution in [2.45, 2.75) is 6.54 Å². The molecular formula is C19H24N6S. The molecule has 4 rings (SSSR count). The second-order valence-electron chi connectivity index (χ2n) is 6.72. The smallest absolute Gasteiger partial charge is 0.106 e. The highest BCUT2D eigenvalue weighted by atomic mass is 32.1. The Morgan fingerprint density at radius 2 is 2.19 bits per heavy atom. The van der Waals surface area contributed by atoms with E-state index in [1.807, 2.05) is 13.2 Å². The summed E-state index contributed by atoms with van der Waals surface area (Å²) in [4.78, 5) is 11.5. The first kappa shape index (κ1) is 17.2. The monoisotopic (exact) mass is 368 g/mol. The number of likely N-dealkylation sites (N-methyl/N-ethyl adjacent to an activating group) is 2. The number of pyridine rings is 1. The molecule has 0 amide bonds. The third-order valence-electron chi connectivity index (χ3n) is 4.51. The maximum Gasteiger partial charge on any atom is 0.106 e. The topological polar surface area (TPSA) is 61.2 Å². The largest absolute Gasteiger partial charge is 0.318 e. The molecule has 4 aromatic rings. The Bertz CT molecular complexity index is 1120. The molecule has 7 heteroatoms. The molecule has 0 spiro atoms. The highest BCUT2D eigenvalue weighted by Crippen LogP contribution is 2.35. The lowest BCUT2D eigenvalue weighted by molar-refractivity contribution is 0.419. The van der Waals surface area contributed by atoms with Crippen molar-refractivity contribution in [2.24, 2.45) is 4.99 Å². The molecule has 1 aromatic carbocycles. The van der Waals surface area contributed by atoms with Crippen LogP contribution >= 0.6 is 11.3 Å². The van der Waals surface area contributed by atoms with Crippen LogP contribution in [0.15, 0.2) is 35.5 Å². The Morgan fingerprint density at radius 3 is 3.00 bits per heavy atom. The Hall–Kier alpha value is -2.22. The maximum atomic E-state index is 4.75. The summed E-state index contributed by atoms with van der Waals surface area (Å²) >= 11 is 1.78. The molecule has 0 saturated carbocycles. The van der Waals surface area contributed by atoms with Crippen LogP contribution in [0.1, 0.15) is 0 Å². The van der Waals surface area contributed by atoms with Crippen molar-refractivity contribution in [1.82, 2.24) is 25.0 Å². The van der Waals surface area contributed by atoms with Gasteiger partial charge in [-0.15, -0.1) is 11.3 Å². The van der Waals surface area contributed by atoms with Gasteiger partial charge in [0.1, 0.15) is 5.52 Å². The molecule has 0 aliphatic carbocycles. The number of rotatable bonds is 6. The van der Waals surface area contributed by atoms with Gasteiger partial charge in [0.2, 0.25) is 0 Å². The normalized spacial score (nSPS) is 13.0. The second kappa shape index (κ2) is 7.19. The molecule has 0 saturated heterocycles. The summed E-state index contributed by atoms with van der Waals surface area (Å²) in [5.74, 6) is 0. The number of fused-ring (bicyclic) bond motifs is 2. The van der Waals surface area contributed by atoms with Gasteiger partial charge in [-0.25, -0.2) is 0 Å². The van der Waals surface area contributed by atoms with Gasteiger partial charge in [-0.05, 0) is 39.3 Å². The van der Waals surface area contributed by atoms with Crippen LogP contribution in [0.2, 0.25) is 0 Å². The Balaban J connectivity index is 1.87. The molecule has 3 aromatic heterocycles. The van der Waals surface area contributed by atoms with E-state index in [0.717, 1.165) is 42.6 Å². The van der Waals surface area contributed by atoms with E-state index in [1.165, 1.54) is 20.3 Å². The zero-order valence-corrected chi connectivity index (χ0v) is 16.2. The van der Waals surface area contributed by atoms with E-state index in [2.05, 4.69) is 63.4 Å². The number of aromatic nitrogens is 3. The minimum Gasteiger partial charge on any atom is -0.318 e. The van der Waals surface area contributed by atoms with Gasteiger partial charge in [-0.2, -0.15) is 0 Å². The predicted octanol–water partition coefficient (Wildman–Crippen LogP) is 2.41. The fourth-order valence-corrected chi connectivity index (χ4v) is 4.31. The summed E-state index contributed by atoms with van der Waals surface area (Å²) in [6, 6.07) is 8.64. The van der Waals surface area contributed by atoms with Crippen LogP contribution in [-0.4, -0.2) is 60.4 Å². The Labute approximate surface area is 156 Å². The summed E-state index contributed by atoms with van der Waals surface area (Å²) in [7, 11) is 6.10. The predicted molar refractivity (Wildman–Crippen MR) is 110 cm³/mol. The highest BCUT2D eigenvalue weighted by molar-refractivity contribution is 7.25. The molecule has 0 aliphatic heterocycles. The van der Waals surface area contributed by atoms with E-state index in [1.54, 1.807) is 11.3 Å². The van der Waals surface area contributed by atoms with Gasteiger partial charge in [0.25, 0.3) is 0 Å². The van der Waals surface area contributed by atoms with Crippen molar-refractivity contribution in [1.29, 1.82) is 0 Å². The highest BCUT2D eigenvalue weighted by Gasteiger charge is 2.13. The molecule has 26 heavy (non-hydrogen) atoms. The van der Waals surface area contributed by atoms with Gasteiger partial charge in [0, 0.05) is 23.2 Å². The van der Waals surface area contributed by atoms with Gasteiger partial charge in [0.05, 0.1) is 40.4 Å². The number of nitrogens with one attached hydrogen (secondary N) is 2. The Kier molecular flexibility index (Phi) is 4.76. The van der Waals surface area contributed by atoms with Crippen LogP contribution in [0.25, 0.3) is 31.3 Å². The summed E-state index contributed by atoms with van der Waals surface area (Å²) in [6.45, 7) is 3.54. The second-order valence-corrected chi connectivity index (χ2v) is 7.80. The van der Waals surface area contributed by atoms with E-state index >= 15 is 0 Å². The minimum absolute atomic E-state index is 0.783. The first-order chi connectivity index (χ1) is 12.7. The van der Waals surface area contributed by atoms with Gasteiger partial charge in [0.15, 0.2) is 0 Å². The van der Waals surface area contributed by atoms with Crippen molar-refractivity contribution >= 4 is 42.7 Å². The van der Waals surface area contributed by atoms with Crippen LogP contribution in [0.5, 0.6) is 0 Å². The number of aromatic amines is 1. The lowest BCUT2D eigenvalue weighted by Crippen LogP contribution is -2.17. The van der Waals surface area contributed by atoms with Gasteiger partial charge in [-0.1, -0.05) is 6.07 Å². The van der Waals surface area contributed by atoms with Crippen molar-refractivity contribution in [3.05, 3.63) is 35.8 Å². The van der Waals surface area contributed by atoms with E-state index in [9.17, 15) is 0 Å². The van der Waals surface area contributed by atoms with Crippen molar-refractivity contribution < 1.29 is 0 Å². The fraction of sp³-hybridized carbons (Fsp3) is 0.368. The third-order valence-corrected chi connectivity index (χ3v) is 5.61. The number of benzene rings is 1. The molecule has 0 bridgehead atoms. The van der Waals surface area contributed by atoms with E-state index in [-0.39, 0.29) is 0 Å². The molecule has 3 heterocycles. The average Bonchev–Trinajstić information content (AvgIpc) is 3.00. The van der Waals surface area contributed by atoms with Crippen LogP contribution in [-0.2, 0) is 6.54 Å². The lowest BCUT2D eigenvalue weighted by atomic mass is 10.2. The number of hydrogen-bond acceptors (Lipinski definition) is 5. The molecule has 0 atom stereocenters. The fourth-order valence-electron chi connectivity index (χ4n) is 3.19. The van der Waals surface area contributed by atoms with E-state index in [0.29, 0.717) is 0 Å². The zero-order chi connectivity index (χ0) is 18.1. The van der Waals surface area contributed by atoms with Gasteiger partial charge in [-0.3, -0.25) is 19.8 Å². The van der Waals surface area contributed by atoms with Crippen molar-refractivity contribution in [2.75, 3.05) is 40.8 Å². The number of hydrogen-bond donors (Lipinski definition) is 2. The van der Waals surface area contributed by atoms with Crippen LogP contribution < -0.4 is 10.7 Å². The van der Waals surface area contributed by atoms with Crippen LogP contribution in [0.4, 0.5) is 0 Å². The molecule has 0 radical (unpaired) electrons. The molecule has 6 nitrogen and oxygen atoms in total. The first-order valence-corrected chi connectivity index (χ1v) is 9.68. The minimum atomic E-state index is 0.783. The molecule has 0 fully saturated rings. The molecule has 136 valence electrons. The van der Waals surface area contributed by atoms with E-state index in [4.69, 9.17) is 4.98 Å². The van der Waals surface area contributed by atoms with Crippen molar-refractivity contribution in [3.63, 3.8) is 0 Å². The zero-order valence-electron chi connectivity index (χ0n) is 15.4. The first-order valence-electron chi connectivity index (χ1n) is 8.87. The molecule has 0 unspecified atom stereocenters. The summed E-state index contributed by atoms with van der Waals surface area (Å²) < 4.78 is 4.65. The number of H-pyrrole nitrogens is 1. The van der Waals surface area contributed by atoms with Gasteiger partial charge >= 0.3 is 0 Å². The maximum absolute atomic E-state index is 4.75. The lowest BCUT2D eigenvalue weighted by Gasteiger charge is -2.05. The van der Waals surface area contributed by atoms with Crippen LogP contribution in [0, 0.1) is 0 Å². The average molecular weight is 369 g/mol. The number of nitrogens with zero attached hydrogens (tertiary/aromatic N) is 4. The molecular weight excluding hydrogens is 344 g/mol. The SMILES string of the molecule is CNCCn1[nH]c2c3ncc(=NCCN(C)C)cc3sc3cccc1c32. The Morgan fingerprint density at radius 1 is 1.31 bits per heavy atom. The standard InChI is InChI=1S/C19H24N6S/c1-20-7-10-25-14-5-4-6-15-17(14)19(23-25)18-16(26-15)11-13(12-22-18)21-8-9-24(2)3/h4-6,11-12,20,23H,7-10H2,1-3H3. The third kappa shape index (κ3) is 3.13. The van der Waals surface area contributed by atoms with Gasteiger partial charge < -0.3 is 10.2 Å². The molecule has 2 N–H and O–H groups in total. The van der Waals surface area contributed by atoms with Crippen molar-refractivity contribution in [3.8, 4) is 0 Å². The summed E-state index contributed by atoms with van der Waals surface area (Å²) in [5.41, 5.74) is 3.36. The van der Waals surface area contributed by atoms with Crippen LogP contribution in [0.3, 0.4) is 0 Å². The van der Waals surface area contributed by atoms with E-state index < -0.39 is 0 Å².